The summed E-state index contributed by atoms with van der Waals surface area (Å²) < 4.78 is 5.38. The highest BCUT2D eigenvalue weighted by Gasteiger charge is 2.26. The fourth-order valence-electron chi connectivity index (χ4n) is 2.40. The topological polar surface area (TPSA) is 78.9 Å². The number of hydroxylamine groups is 1. The average molecular weight is 333 g/mol. The number of hydrogen-bond donors (Lipinski definition) is 2. The van der Waals surface area contributed by atoms with Crippen molar-refractivity contribution in [1.82, 2.24) is 5.48 Å². The normalized spacial score (nSPS) is 13.3. The molecule has 7 heteroatoms. The van der Waals surface area contributed by atoms with Crippen molar-refractivity contribution in [3.05, 3.63) is 58.6 Å². The Kier molecular flexibility index (Phi) is 4.18. The number of ether oxygens (including phenoxy) is 1. The second kappa shape index (κ2) is 6.28. The van der Waals surface area contributed by atoms with Crippen LogP contribution in [0.2, 0.25) is 5.02 Å². The zero-order valence-corrected chi connectivity index (χ0v) is 12.7. The first-order valence-corrected chi connectivity index (χ1v) is 7.22. The number of carbonyl (C=O) groups is 2. The molecule has 0 unspecified atom stereocenters. The Labute approximate surface area is 137 Å². The molecule has 2 amide bonds. The van der Waals surface area contributed by atoms with Crippen molar-refractivity contribution < 1.29 is 19.5 Å². The highest BCUT2D eigenvalue weighted by Crippen LogP contribution is 2.34. The van der Waals surface area contributed by atoms with E-state index in [2.05, 4.69) is 0 Å². The van der Waals surface area contributed by atoms with Gasteiger partial charge in [0, 0.05) is 10.6 Å². The van der Waals surface area contributed by atoms with E-state index in [0.717, 1.165) is 5.56 Å². The zero-order chi connectivity index (χ0) is 16.4. The van der Waals surface area contributed by atoms with Gasteiger partial charge in [-0.15, -0.1) is 0 Å². The van der Waals surface area contributed by atoms with Gasteiger partial charge in [-0.3, -0.25) is 14.8 Å². The molecular formula is C16H13ClN2O4. The third kappa shape index (κ3) is 3.13. The molecule has 0 radical (unpaired) electrons. The maximum atomic E-state index is 12.2. The lowest BCUT2D eigenvalue weighted by atomic mass is 10.1. The molecule has 2 aromatic carbocycles. The molecular weight excluding hydrogens is 320 g/mol. The molecule has 118 valence electrons. The predicted octanol–water partition coefficient (Wildman–Crippen LogP) is 2.38. The molecule has 0 spiro atoms. The van der Waals surface area contributed by atoms with E-state index in [0.29, 0.717) is 23.0 Å². The van der Waals surface area contributed by atoms with Crippen LogP contribution in [0.15, 0.2) is 42.5 Å². The zero-order valence-electron chi connectivity index (χ0n) is 12.0. The molecule has 0 aliphatic carbocycles. The van der Waals surface area contributed by atoms with E-state index in [1.807, 2.05) is 6.07 Å². The minimum absolute atomic E-state index is 0.0703. The van der Waals surface area contributed by atoms with Gasteiger partial charge in [0.1, 0.15) is 5.75 Å². The maximum Gasteiger partial charge on any atom is 0.274 e. The number of carbonyl (C=O) groups excluding carboxylic acids is 2. The summed E-state index contributed by atoms with van der Waals surface area (Å²) >= 11 is 5.98. The van der Waals surface area contributed by atoms with Crippen molar-refractivity contribution in [2.75, 3.05) is 11.5 Å². The van der Waals surface area contributed by atoms with Crippen LogP contribution in [-0.4, -0.2) is 23.6 Å². The molecule has 2 aromatic rings. The number of benzene rings is 2. The molecule has 0 atom stereocenters. The van der Waals surface area contributed by atoms with E-state index >= 15 is 0 Å². The lowest BCUT2D eigenvalue weighted by Gasteiger charge is -2.29. The van der Waals surface area contributed by atoms with Crippen molar-refractivity contribution in [2.45, 2.75) is 6.54 Å². The van der Waals surface area contributed by atoms with Gasteiger partial charge in [0.05, 0.1) is 12.2 Å². The molecule has 0 saturated carbocycles. The van der Waals surface area contributed by atoms with E-state index in [9.17, 15) is 9.59 Å². The standard InChI is InChI=1S/C16H13ClN2O4/c17-12-3-1-2-10(6-12)8-19-13-7-11(16(21)18-22)4-5-14(13)23-9-15(19)20/h1-7,22H,8-9H2,(H,18,21). The predicted molar refractivity (Wildman–Crippen MR) is 83.8 cm³/mol. The van der Waals surface area contributed by atoms with E-state index < -0.39 is 5.91 Å². The summed E-state index contributed by atoms with van der Waals surface area (Å²) in [5, 5.41) is 9.33. The van der Waals surface area contributed by atoms with E-state index in [4.69, 9.17) is 21.5 Å². The third-order valence-electron chi connectivity index (χ3n) is 3.50. The minimum atomic E-state index is -0.659. The van der Waals surface area contributed by atoms with Crippen molar-refractivity contribution in [1.29, 1.82) is 0 Å². The van der Waals surface area contributed by atoms with Crippen LogP contribution in [0, 0.1) is 0 Å². The highest BCUT2D eigenvalue weighted by molar-refractivity contribution is 6.30. The Morgan fingerprint density at radius 3 is 2.87 bits per heavy atom. The third-order valence-corrected chi connectivity index (χ3v) is 3.73. The first kappa shape index (κ1) is 15.3. The number of anilines is 1. The molecule has 6 nitrogen and oxygen atoms in total. The van der Waals surface area contributed by atoms with Crippen LogP contribution >= 0.6 is 11.6 Å². The summed E-state index contributed by atoms with van der Waals surface area (Å²) in [5.41, 5.74) is 3.12. The molecule has 0 saturated heterocycles. The van der Waals surface area contributed by atoms with Crippen molar-refractivity contribution >= 4 is 29.1 Å². The monoisotopic (exact) mass is 332 g/mol. The number of nitrogens with zero attached hydrogens (tertiary/aromatic N) is 1. The summed E-state index contributed by atoms with van der Waals surface area (Å²) in [5.74, 6) is -0.381. The number of hydrogen-bond acceptors (Lipinski definition) is 4. The number of amides is 2. The quantitative estimate of drug-likeness (QED) is 0.668. The second-order valence-corrected chi connectivity index (χ2v) is 5.46. The number of fused-ring (bicyclic) bond motifs is 1. The number of halogens is 1. The minimum Gasteiger partial charge on any atom is -0.482 e. The first-order chi connectivity index (χ1) is 11.1. The number of rotatable bonds is 3. The summed E-state index contributed by atoms with van der Waals surface area (Å²) in [6, 6.07) is 11.8. The largest absolute Gasteiger partial charge is 0.482 e. The van der Waals surface area contributed by atoms with Gasteiger partial charge in [-0.2, -0.15) is 0 Å². The second-order valence-electron chi connectivity index (χ2n) is 5.02. The molecule has 1 aliphatic rings. The van der Waals surface area contributed by atoms with Crippen molar-refractivity contribution in [2.24, 2.45) is 0 Å². The van der Waals surface area contributed by atoms with Gasteiger partial charge in [-0.05, 0) is 35.9 Å². The van der Waals surface area contributed by atoms with Gasteiger partial charge >= 0.3 is 0 Å². The Hall–Kier alpha value is -2.57. The molecule has 3 rings (SSSR count). The Morgan fingerprint density at radius 2 is 2.13 bits per heavy atom. The van der Waals surface area contributed by atoms with Gasteiger partial charge in [-0.1, -0.05) is 23.7 Å². The fourth-order valence-corrected chi connectivity index (χ4v) is 2.61. The van der Waals surface area contributed by atoms with Crippen LogP contribution in [0.4, 0.5) is 5.69 Å². The molecule has 0 fully saturated rings. The maximum absolute atomic E-state index is 12.2. The van der Waals surface area contributed by atoms with Gasteiger partial charge in [0.25, 0.3) is 11.8 Å². The lowest BCUT2D eigenvalue weighted by Crippen LogP contribution is -2.38. The van der Waals surface area contributed by atoms with Crippen molar-refractivity contribution in [3.8, 4) is 5.75 Å². The molecule has 1 aliphatic heterocycles. The van der Waals surface area contributed by atoms with Crippen LogP contribution in [0.5, 0.6) is 5.75 Å². The lowest BCUT2D eigenvalue weighted by molar-refractivity contribution is -0.121. The fraction of sp³-hybridized carbons (Fsp3) is 0.125. The molecule has 2 N–H and O–H groups in total. The summed E-state index contributed by atoms with van der Waals surface area (Å²) in [7, 11) is 0. The molecule has 23 heavy (non-hydrogen) atoms. The van der Waals surface area contributed by atoms with E-state index in [1.54, 1.807) is 29.7 Å². The Morgan fingerprint density at radius 1 is 1.30 bits per heavy atom. The van der Waals surface area contributed by atoms with Crippen LogP contribution in [0.3, 0.4) is 0 Å². The van der Waals surface area contributed by atoms with E-state index in [-0.39, 0.29) is 18.1 Å². The van der Waals surface area contributed by atoms with Gasteiger partial charge in [0.2, 0.25) is 0 Å². The first-order valence-electron chi connectivity index (χ1n) is 6.84. The van der Waals surface area contributed by atoms with E-state index in [1.165, 1.54) is 17.0 Å². The Balaban J connectivity index is 1.98. The van der Waals surface area contributed by atoms with Crippen molar-refractivity contribution in [3.63, 3.8) is 0 Å². The number of nitrogens with one attached hydrogen (secondary N) is 1. The summed E-state index contributed by atoms with van der Waals surface area (Å²) in [6.45, 7) is 0.235. The van der Waals surface area contributed by atoms with Crippen LogP contribution in [0.1, 0.15) is 15.9 Å². The summed E-state index contributed by atoms with van der Waals surface area (Å²) in [4.78, 5) is 25.3. The molecule has 0 bridgehead atoms. The smallest absolute Gasteiger partial charge is 0.274 e. The molecule has 0 aromatic heterocycles. The van der Waals surface area contributed by atoms with Gasteiger partial charge < -0.3 is 9.64 Å². The SMILES string of the molecule is O=C(NO)c1ccc2c(c1)N(Cc1cccc(Cl)c1)C(=O)CO2. The van der Waals surface area contributed by atoms with Crippen LogP contribution < -0.4 is 15.1 Å². The van der Waals surface area contributed by atoms with Crippen LogP contribution in [-0.2, 0) is 11.3 Å². The summed E-state index contributed by atoms with van der Waals surface area (Å²) in [6.07, 6.45) is 0. The van der Waals surface area contributed by atoms with Gasteiger partial charge in [0.15, 0.2) is 6.61 Å². The highest BCUT2D eigenvalue weighted by atomic mass is 35.5. The van der Waals surface area contributed by atoms with Crippen LogP contribution in [0.25, 0.3) is 0 Å². The Bertz CT molecular complexity index is 778. The van der Waals surface area contributed by atoms with Gasteiger partial charge in [-0.25, -0.2) is 5.48 Å². The molecule has 1 heterocycles. The average Bonchev–Trinajstić information content (AvgIpc) is 2.56.